The number of aliphatic carboxylic acids is 1. The molecule has 0 bridgehead atoms. The molecular weight excluding hydrogens is 407 g/mol. The van der Waals surface area contributed by atoms with E-state index in [2.05, 4.69) is 15.5 Å². The number of carboxylic acid groups (broad SMARTS) is 1. The van der Waals surface area contributed by atoms with Gasteiger partial charge in [0.1, 0.15) is 11.5 Å². The smallest absolute Gasteiger partial charge is 0.490 e. The van der Waals surface area contributed by atoms with Crippen LogP contribution in [0.25, 0.3) is 11.1 Å². The molecule has 0 aliphatic carbocycles. The van der Waals surface area contributed by atoms with E-state index in [1.165, 1.54) is 0 Å². The van der Waals surface area contributed by atoms with Crippen LogP contribution in [0.4, 0.5) is 13.2 Å². The fraction of sp³-hybridized carbons (Fsp3) is 0.211. The molecule has 2 aromatic heterocycles. The highest BCUT2D eigenvalue weighted by Crippen LogP contribution is 2.26. The summed E-state index contributed by atoms with van der Waals surface area (Å²) >= 11 is 0. The first kappa shape index (κ1) is 22.5. The second kappa shape index (κ2) is 10.1. The molecule has 0 fully saturated rings. The highest BCUT2D eigenvalue weighted by atomic mass is 19.4. The number of hydrogen-bond donors (Lipinski definition) is 3. The lowest BCUT2D eigenvalue weighted by atomic mass is 10.1. The predicted molar refractivity (Wildman–Crippen MR) is 99.0 cm³/mol. The van der Waals surface area contributed by atoms with Crippen molar-refractivity contribution >= 4 is 11.9 Å². The van der Waals surface area contributed by atoms with Crippen molar-refractivity contribution in [3.8, 4) is 16.9 Å². The fourth-order valence-electron chi connectivity index (χ4n) is 2.32. The minimum absolute atomic E-state index is 0.174. The Morgan fingerprint density at radius 1 is 1.27 bits per heavy atom. The maximum Gasteiger partial charge on any atom is 0.490 e. The highest BCUT2D eigenvalue weighted by molar-refractivity contribution is 5.97. The molecule has 0 aliphatic heterocycles. The number of aromatic nitrogens is 2. The molecule has 0 unspecified atom stereocenters. The number of furan rings is 1. The van der Waals surface area contributed by atoms with Crippen LogP contribution in [-0.4, -0.2) is 47.0 Å². The molecular formula is C19H18F3N3O5. The van der Waals surface area contributed by atoms with Crippen molar-refractivity contribution in [3.05, 3.63) is 60.3 Å². The zero-order valence-corrected chi connectivity index (χ0v) is 15.7. The largest absolute Gasteiger partial charge is 0.496 e. The number of benzene rings is 1. The second-order valence-corrected chi connectivity index (χ2v) is 5.79. The molecule has 0 aliphatic rings. The molecule has 0 saturated heterocycles. The molecule has 0 atom stereocenters. The number of carbonyl (C=O) groups is 2. The minimum Gasteiger partial charge on any atom is -0.496 e. The number of alkyl halides is 3. The summed E-state index contributed by atoms with van der Waals surface area (Å²) < 4.78 is 42.3. The summed E-state index contributed by atoms with van der Waals surface area (Å²) in [6.07, 6.45) is 0.693. The molecule has 3 N–H and O–H groups in total. The second-order valence-electron chi connectivity index (χ2n) is 5.79. The van der Waals surface area contributed by atoms with Gasteiger partial charge >= 0.3 is 12.1 Å². The summed E-state index contributed by atoms with van der Waals surface area (Å²) in [5.41, 5.74) is 2.37. The number of nitrogens with zero attached hydrogens (tertiary/aromatic N) is 1. The number of hydrogen-bond acceptors (Lipinski definition) is 5. The lowest BCUT2D eigenvalue weighted by Gasteiger charge is -2.10. The Kier molecular flexibility index (Phi) is 7.62. The first-order valence-electron chi connectivity index (χ1n) is 8.50. The Morgan fingerprint density at radius 3 is 2.53 bits per heavy atom. The number of nitrogens with one attached hydrogen (secondary N) is 2. The van der Waals surface area contributed by atoms with Gasteiger partial charge < -0.3 is 19.6 Å². The van der Waals surface area contributed by atoms with Crippen molar-refractivity contribution in [1.82, 2.24) is 15.5 Å². The van der Waals surface area contributed by atoms with E-state index in [0.29, 0.717) is 24.3 Å². The lowest BCUT2D eigenvalue weighted by molar-refractivity contribution is -0.192. The third-order valence-electron chi connectivity index (χ3n) is 3.76. The zero-order chi connectivity index (χ0) is 22.1. The Labute approximate surface area is 168 Å². The molecule has 1 aromatic carbocycles. The Balaban J connectivity index is 0.000000396. The van der Waals surface area contributed by atoms with Crippen LogP contribution in [0.5, 0.6) is 5.75 Å². The van der Waals surface area contributed by atoms with E-state index < -0.39 is 12.1 Å². The topological polar surface area (TPSA) is 117 Å². The molecule has 3 aromatic rings. The van der Waals surface area contributed by atoms with E-state index in [4.69, 9.17) is 19.1 Å². The standard InChI is InChI=1S/C17H17N3O3.C2HF3O2/c1-22-16-9-12(13-10-19-20-11-13)4-5-15(16)17(21)18-7-6-14-3-2-8-23-14;3-2(4,5)1(6)7/h2-5,8-11H,6-7H2,1H3,(H,18,21)(H,19,20);(H,6,7). The van der Waals surface area contributed by atoms with Gasteiger partial charge in [-0.25, -0.2) is 4.79 Å². The Hall–Kier alpha value is -3.76. The van der Waals surface area contributed by atoms with Crippen molar-refractivity contribution in [2.24, 2.45) is 0 Å². The normalized spacial score (nSPS) is 10.7. The van der Waals surface area contributed by atoms with Gasteiger partial charge in [0.2, 0.25) is 0 Å². The van der Waals surface area contributed by atoms with Crippen LogP contribution < -0.4 is 10.1 Å². The number of amides is 1. The average Bonchev–Trinajstić information content (AvgIpc) is 3.41. The summed E-state index contributed by atoms with van der Waals surface area (Å²) in [5.74, 6) is -1.56. The Morgan fingerprint density at radius 2 is 2.00 bits per heavy atom. The quantitative estimate of drug-likeness (QED) is 0.558. The van der Waals surface area contributed by atoms with E-state index in [-0.39, 0.29) is 5.91 Å². The monoisotopic (exact) mass is 425 g/mol. The van der Waals surface area contributed by atoms with Crippen LogP contribution >= 0.6 is 0 Å². The SMILES string of the molecule is COc1cc(-c2cn[nH]c2)ccc1C(=O)NCCc1ccco1.O=C(O)C(F)(F)F. The number of aromatic amines is 1. The third kappa shape index (κ3) is 6.40. The zero-order valence-electron chi connectivity index (χ0n) is 15.7. The number of rotatable bonds is 6. The van der Waals surface area contributed by atoms with Gasteiger partial charge in [-0.15, -0.1) is 0 Å². The highest BCUT2D eigenvalue weighted by Gasteiger charge is 2.38. The molecule has 0 radical (unpaired) electrons. The number of carboxylic acids is 1. The first-order valence-corrected chi connectivity index (χ1v) is 8.50. The van der Waals surface area contributed by atoms with E-state index in [0.717, 1.165) is 16.9 Å². The minimum atomic E-state index is -5.08. The van der Waals surface area contributed by atoms with Gasteiger partial charge in [-0.1, -0.05) is 6.07 Å². The van der Waals surface area contributed by atoms with Crippen molar-refractivity contribution in [2.75, 3.05) is 13.7 Å². The number of H-pyrrole nitrogens is 1. The van der Waals surface area contributed by atoms with Gasteiger partial charge in [0, 0.05) is 24.7 Å². The molecule has 11 heteroatoms. The fourth-order valence-corrected chi connectivity index (χ4v) is 2.32. The van der Waals surface area contributed by atoms with Crippen LogP contribution in [0, 0.1) is 0 Å². The Bertz CT molecular complexity index is 954. The molecule has 3 rings (SSSR count). The number of ether oxygens (including phenoxy) is 1. The number of halogens is 3. The molecule has 160 valence electrons. The van der Waals surface area contributed by atoms with Gasteiger partial charge in [-0.3, -0.25) is 9.89 Å². The molecule has 8 nitrogen and oxygen atoms in total. The van der Waals surface area contributed by atoms with E-state index in [1.807, 2.05) is 24.3 Å². The molecule has 1 amide bonds. The van der Waals surface area contributed by atoms with Crippen molar-refractivity contribution in [2.45, 2.75) is 12.6 Å². The van der Waals surface area contributed by atoms with Crippen LogP contribution in [0.3, 0.4) is 0 Å². The van der Waals surface area contributed by atoms with Crippen LogP contribution in [0.1, 0.15) is 16.1 Å². The van der Waals surface area contributed by atoms with Crippen molar-refractivity contribution < 1.29 is 37.0 Å². The van der Waals surface area contributed by atoms with E-state index >= 15 is 0 Å². The summed E-state index contributed by atoms with van der Waals surface area (Å²) in [4.78, 5) is 21.2. The molecule has 30 heavy (non-hydrogen) atoms. The van der Waals surface area contributed by atoms with Gasteiger partial charge in [-0.2, -0.15) is 18.3 Å². The summed E-state index contributed by atoms with van der Waals surface area (Å²) in [7, 11) is 1.55. The van der Waals surface area contributed by atoms with Crippen LogP contribution in [-0.2, 0) is 11.2 Å². The van der Waals surface area contributed by atoms with Crippen molar-refractivity contribution in [3.63, 3.8) is 0 Å². The maximum absolute atomic E-state index is 12.3. The van der Waals surface area contributed by atoms with Gasteiger partial charge in [-0.05, 0) is 29.8 Å². The predicted octanol–water partition coefficient (Wildman–Crippen LogP) is 3.28. The molecule has 2 heterocycles. The third-order valence-corrected chi connectivity index (χ3v) is 3.76. The van der Waals surface area contributed by atoms with Gasteiger partial charge in [0.15, 0.2) is 0 Å². The number of methoxy groups -OCH3 is 1. The van der Waals surface area contributed by atoms with E-state index in [1.54, 1.807) is 31.8 Å². The van der Waals surface area contributed by atoms with Crippen LogP contribution in [0.2, 0.25) is 0 Å². The molecule has 0 spiro atoms. The summed E-state index contributed by atoms with van der Waals surface area (Å²) in [6.45, 7) is 0.499. The van der Waals surface area contributed by atoms with Gasteiger partial charge in [0.05, 0.1) is 25.1 Å². The van der Waals surface area contributed by atoms with Crippen molar-refractivity contribution in [1.29, 1.82) is 0 Å². The maximum atomic E-state index is 12.3. The first-order chi connectivity index (χ1) is 14.2. The van der Waals surface area contributed by atoms with Gasteiger partial charge in [0.25, 0.3) is 5.91 Å². The average molecular weight is 425 g/mol. The van der Waals surface area contributed by atoms with Crippen LogP contribution in [0.15, 0.2) is 53.4 Å². The van der Waals surface area contributed by atoms with E-state index in [9.17, 15) is 18.0 Å². The summed E-state index contributed by atoms with van der Waals surface area (Å²) in [5, 5.41) is 16.7. The molecule has 0 saturated carbocycles. The number of carbonyl (C=O) groups excluding carboxylic acids is 1. The lowest BCUT2D eigenvalue weighted by Crippen LogP contribution is -2.26. The summed E-state index contributed by atoms with van der Waals surface area (Å²) in [6, 6.07) is 9.16.